The van der Waals surface area contributed by atoms with Gasteiger partial charge in [-0.15, -0.1) is 0 Å². The number of rotatable bonds is 8. The van der Waals surface area contributed by atoms with Gasteiger partial charge in [-0.2, -0.15) is 0 Å². The Balaban J connectivity index is 1.76. The monoisotopic (exact) mass is 456 g/mol. The van der Waals surface area contributed by atoms with Crippen LogP contribution in [0.2, 0.25) is 0 Å². The number of carbonyl (C=O) groups is 3. The van der Waals surface area contributed by atoms with Crippen molar-refractivity contribution in [1.82, 2.24) is 10.6 Å². The molecule has 9 heteroatoms. The van der Waals surface area contributed by atoms with Crippen molar-refractivity contribution in [2.24, 2.45) is 5.92 Å². The number of benzene rings is 1. The van der Waals surface area contributed by atoms with Crippen LogP contribution >= 0.6 is 0 Å². The molecule has 33 heavy (non-hydrogen) atoms. The normalized spacial score (nSPS) is 13.1. The van der Waals surface area contributed by atoms with Crippen molar-refractivity contribution in [1.29, 1.82) is 0 Å². The lowest BCUT2D eigenvalue weighted by atomic mass is 9.99. The summed E-state index contributed by atoms with van der Waals surface area (Å²) in [6.45, 7) is 8.69. The number of carboxylic acid groups (broad SMARTS) is 1. The van der Waals surface area contributed by atoms with E-state index in [1.807, 2.05) is 26.8 Å². The van der Waals surface area contributed by atoms with Gasteiger partial charge in [-0.05, 0) is 43.9 Å². The van der Waals surface area contributed by atoms with Crippen LogP contribution in [-0.4, -0.2) is 35.5 Å². The van der Waals surface area contributed by atoms with E-state index in [0.29, 0.717) is 28.5 Å². The van der Waals surface area contributed by atoms with Crippen LogP contribution in [0.4, 0.5) is 0 Å². The van der Waals surface area contributed by atoms with E-state index >= 15 is 0 Å². The Hall–Kier alpha value is -3.62. The Morgan fingerprint density at radius 1 is 1.00 bits per heavy atom. The summed E-state index contributed by atoms with van der Waals surface area (Å²) >= 11 is 0. The summed E-state index contributed by atoms with van der Waals surface area (Å²) in [5.74, 6) is -1.79. The predicted molar refractivity (Wildman–Crippen MR) is 122 cm³/mol. The Bertz CT molecular complexity index is 1300. The number of fused-ring (bicyclic) bond motifs is 2. The fourth-order valence-corrected chi connectivity index (χ4v) is 3.74. The molecule has 2 aromatic heterocycles. The highest BCUT2D eigenvalue weighted by Crippen LogP contribution is 2.30. The zero-order valence-corrected chi connectivity index (χ0v) is 19.3. The van der Waals surface area contributed by atoms with E-state index in [1.54, 1.807) is 19.9 Å². The number of carboxylic acids is 1. The number of amides is 2. The van der Waals surface area contributed by atoms with E-state index < -0.39 is 36.0 Å². The van der Waals surface area contributed by atoms with Gasteiger partial charge in [0.25, 0.3) is 0 Å². The summed E-state index contributed by atoms with van der Waals surface area (Å²) in [7, 11) is 0. The SMILES string of the molecule is CC[C@@H](C)[C@H](NC(=O)CNC(=O)Cc1c(C)c2cc3c(C)c(C)oc3cc2oc1=O)C(=O)O. The lowest BCUT2D eigenvalue weighted by Gasteiger charge is -2.20. The van der Waals surface area contributed by atoms with Crippen molar-refractivity contribution in [3.63, 3.8) is 0 Å². The van der Waals surface area contributed by atoms with Crippen LogP contribution in [-0.2, 0) is 20.8 Å². The standard InChI is InChI=1S/C24H28N2O7/c1-6-11(2)22(23(29)30)26-21(28)10-25-20(27)8-17-13(4)16-7-15-12(3)14(5)32-18(15)9-19(16)33-24(17)31/h7,9,11,22H,6,8,10H2,1-5H3,(H,25,27)(H,26,28)(H,29,30)/t11-,22+/m1/s1. The Morgan fingerprint density at radius 3 is 2.27 bits per heavy atom. The van der Waals surface area contributed by atoms with Crippen molar-refractivity contribution in [3.8, 4) is 0 Å². The van der Waals surface area contributed by atoms with E-state index in [0.717, 1.165) is 16.7 Å². The third-order valence-electron chi connectivity index (χ3n) is 6.16. The summed E-state index contributed by atoms with van der Waals surface area (Å²) in [5.41, 5.74) is 2.14. The van der Waals surface area contributed by atoms with E-state index in [9.17, 15) is 24.3 Å². The molecule has 2 atom stereocenters. The maximum Gasteiger partial charge on any atom is 0.340 e. The molecule has 2 amide bonds. The average molecular weight is 456 g/mol. The number of carbonyl (C=O) groups excluding carboxylic acids is 2. The molecule has 0 aliphatic heterocycles. The van der Waals surface area contributed by atoms with Crippen LogP contribution in [0.1, 0.15) is 42.7 Å². The molecule has 1 aromatic carbocycles. The van der Waals surface area contributed by atoms with Gasteiger partial charge in [0, 0.05) is 16.8 Å². The first kappa shape index (κ1) is 24.0. The zero-order chi connectivity index (χ0) is 24.4. The number of hydrogen-bond acceptors (Lipinski definition) is 6. The Morgan fingerprint density at radius 2 is 1.64 bits per heavy atom. The van der Waals surface area contributed by atoms with Gasteiger partial charge in [0.15, 0.2) is 0 Å². The van der Waals surface area contributed by atoms with Gasteiger partial charge >= 0.3 is 11.6 Å². The first-order valence-electron chi connectivity index (χ1n) is 10.8. The van der Waals surface area contributed by atoms with Crippen LogP contribution in [0.3, 0.4) is 0 Å². The molecule has 0 aliphatic carbocycles. The van der Waals surface area contributed by atoms with Crippen LogP contribution in [0.25, 0.3) is 21.9 Å². The van der Waals surface area contributed by atoms with Gasteiger partial charge in [-0.25, -0.2) is 9.59 Å². The number of nitrogens with one attached hydrogen (secondary N) is 2. The molecule has 0 unspecified atom stereocenters. The molecule has 9 nitrogen and oxygen atoms in total. The number of hydrogen-bond donors (Lipinski definition) is 3. The molecule has 0 fully saturated rings. The summed E-state index contributed by atoms with van der Waals surface area (Å²) in [6.07, 6.45) is 0.303. The molecule has 0 saturated carbocycles. The highest BCUT2D eigenvalue weighted by Gasteiger charge is 2.25. The van der Waals surface area contributed by atoms with Crippen LogP contribution < -0.4 is 16.3 Å². The predicted octanol–water partition coefficient (Wildman–Crippen LogP) is 2.74. The van der Waals surface area contributed by atoms with Gasteiger partial charge in [0.1, 0.15) is 23.0 Å². The summed E-state index contributed by atoms with van der Waals surface area (Å²) in [6, 6.07) is 2.51. The molecule has 3 rings (SSSR count). The van der Waals surface area contributed by atoms with Gasteiger partial charge in [-0.3, -0.25) is 9.59 Å². The first-order chi connectivity index (χ1) is 15.5. The van der Waals surface area contributed by atoms with E-state index in [1.165, 1.54) is 0 Å². The lowest BCUT2D eigenvalue weighted by Crippen LogP contribution is -2.48. The molecule has 0 saturated heterocycles. The fourth-order valence-electron chi connectivity index (χ4n) is 3.74. The molecule has 2 heterocycles. The summed E-state index contributed by atoms with van der Waals surface area (Å²) < 4.78 is 11.1. The maximum atomic E-state index is 12.5. The highest BCUT2D eigenvalue weighted by atomic mass is 16.4. The summed E-state index contributed by atoms with van der Waals surface area (Å²) in [5, 5.41) is 15.7. The third-order valence-corrected chi connectivity index (χ3v) is 6.16. The fraction of sp³-hybridized carbons (Fsp3) is 0.417. The first-order valence-corrected chi connectivity index (χ1v) is 10.8. The van der Waals surface area contributed by atoms with Crippen molar-refractivity contribution in [2.45, 2.75) is 53.5 Å². The van der Waals surface area contributed by atoms with Gasteiger partial charge in [0.05, 0.1) is 18.5 Å². The van der Waals surface area contributed by atoms with Gasteiger partial charge < -0.3 is 24.6 Å². The molecule has 176 valence electrons. The molecule has 0 bridgehead atoms. The van der Waals surface area contributed by atoms with Crippen molar-refractivity contribution < 1.29 is 28.3 Å². The molecular weight excluding hydrogens is 428 g/mol. The van der Waals surface area contributed by atoms with E-state index in [-0.39, 0.29) is 17.9 Å². The second-order valence-electron chi connectivity index (χ2n) is 8.34. The van der Waals surface area contributed by atoms with Gasteiger partial charge in [0.2, 0.25) is 11.8 Å². The quantitative estimate of drug-likeness (QED) is 0.443. The van der Waals surface area contributed by atoms with Crippen molar-refractivity contribution in [2.75, 3.05) is 6.54 Å². The number of furan rings is 1. The van der Waals surface area contributed by atoms with Crippen molar-refractivity contribution in [3.05, 3.63) is 45.0 Å². The topological polar surface area (TPSA) is 139 Å². The molecule has 0 aliphatic rings. The minimum atomic E-state index is -1.13. The van der Waals surface area contributed by atoms with Crippen LogP contribution in [0.15, 0.2) is 25.8 Å². The second kappa shape index (κ2) is 9.48. The molecule has 0 radical (unpaired) electrons. The van der Waals surface area contributed by atoms with Crippen LogP contribution in [0.5, 0.6) is 0 Å². The van der Waals surface area contributed by atoms with E-state index in [4.69, 9.17) is 8.83 Å². The van der Waals surface area contributed by atoms with Gasteiger partial charge in [-0.1, -0.05) is 20.3 Å². The van der Waals surface area contributed by atoms with E-state index in [2.05, 4.69) is 10.6 Å². The minimum absolute atomic E-state index is 0.195. The zero-order valence-electron chi connectivity index (χ0n) is 19.3. The number of aryl methyl sites for hydroxylation is 3. The smallest absolute Gasteiger partial charge is 0.340 e. The van der Waals surface area contributed by atoms with Crippen molar-refractivity contribution >= 4 is 39.7 Å². The Kier molecular flexibility index (Phi) is 6.90. The molecule has 0 spiro atoms. The average Bonchev–Trinajstić information content (AvgIpc) is 3.04. The maximum absolute atomic E-state index is 12.5. The minimum Gasteiger partial charge on any atom is -0.480 e. The largest absolute Gasteiger partial charge is 0.480 e. The summed E-state index contributed by atoms with van der Waals surface area (Å²) in [4.78, 5) is 48.4. The molecule has 3 N–H and O–H groups in total. The van der Waals surface area contributed by atoms with Crippen LogP contribution in [0, 0.1) is 26.7 Å². The highest BCUT2D eigenvalue weighted by molar-refractivity contribution is 5.97. The Labute approximate surface area is 190 Å². The molecule has 3 aromatic rings. The lowest BCUT2D eigenvalue weighted by molar-refractivity contribution is -0.143. The number of aliphatic carboxylic acids is 1. The second-order valence-corrected chi connectivity index (χ2v) is 8.34. The molecular formula is C24H28N2O7. The third kappa shape index (κ3) is 4.92.